The molecule has 0 aliphatic heterocycles. The number of carboxylic acid groups (broad SMARTS) is 1. The van der Waals surface area contributed by atoms with E-state index in [4.69, 9.17) is 0 Å². The van der Waals surface area contributed by atoms with Crippen LogP contribution < -0.4 is 5.43 Å². The Morgan fingerprint density at radius 3 is 2.33 bits per heavy atom. The summed E-state index contributed by atoms with van der Waals surface area (Å²) < 4.78 is 51.7. The Morgan fingerprint density at radius 1 is 1.04 bits per heavy atom. The van der Waals surface area contributed by atoms with Crippen molar-refractivity contribution in [1.29, 1.82) is 0 Å². The third-order valence-corrected chi connectivity index (χ3v) is 4.14. The summed E-state index contributed by atoms with van der Waals surface area (Å²) in [4.78, 5) is 11.5. The summed E-state index contributed by atoms with van der Waals surface area (Å²) in [6.45, 7) is 0.219. The van der Waals surface area contributed by atoms with Crippen molar-refractivity contribution in [2.45, 2.75) is 25.6 Å². The second kappa shape index (κ2) is 7.30. The largest absolute Gasteiger partial charge is 0.477 e. The number of carboxylic acids is 1. The van der Waals surface area contributed by atoms with Gasteiger partial charge in [0.2, 0.25) is 0 Å². The van der Waals surface area contributed by atoms with Crippen molar-refractivity contribution in [3.05, 3.63) is 71.2 Å². The van der Waals surface area contributed by atoms with Gasteiger partial charge in [-0.25, -0.2) is 9.18 Å². The molecule has 0 aliphatic rings. The van der Waals surface area contributed by atoms with Crippen LogP contribution in [0.2, 0.25) is 0 Å². The smallest absolute Gasteiger partial charge is 0.389 e. The minimum Gasteiger partial charge on any atom is -0.477 e. The molecule has 1 aromatic heterocycles. The molecule has 8 heteroatoms. The highest BCUT2D eigenvalue weighted by Gasteiger charge is 2.26. The van der Waals surface area contributed by atoms with Gasteiger partial charge in [0, 0.05) is 11.8 Å². The van der Waals surface area contributed by atoms with Gasteiger partial charge in [0.05, 0.1) is 12.1 Å². The Bertz CT molecular complexity index is 962. The minimum absolute atomic E-state index is 0.0416. The SMILES string of the molecule is O=C(O)c1cc2ccc(CCC(F)(F)F)cc2n1NCc1ccc(F)cc1. The number of aromatic nitrogens is 1. The van der Waals surface area contributed by atoms with E-state index in [1.54, 1.807) is 30.3 Å². The van der Waals surface area contributed by atoms with E-state index in [0.29, 0.717) is 16.5 Å². The summed E-state index contributed by atoms with van der Waals surface area (Å²) >= 11 is 0. The highest BCUT2D eigenvalue weighted by atomic mass is 19.4. The number of benzene rings is 2. The maximum Gasteiger partial charge on any atom is 0.389 e. The summed E-state index contributed by atoms with van der Waals surface area (Å²) in [7, 11) is 0. The Morgan fingerprint density at radius 2 is 1.70 bits per heavy atom. The number of hydrogen-bond acceptors (Lipinski definition) is 2. The molecule has 2 aromatic carbocycles. The molecule has 0 saturated heterocycles. The monoisotopic (exact) mass is 380 g/mol. The summed E-state index contributed by atoms with van der Waals surface area (Å²) in [5.41, 5.74) is 4.55. The molecule has 0 aliphatic carbocycles. The van der Waals surface area contributed by atoms with Crippen LogP contribution in [0.5, 0.6) is 0 Å². The maximum absolute atomic E-state index is 13.0. The molecule has 27 heavy (non-hydrogen) atoms. The molecule has 0 atom stereocenters. The van der Waals surface area contributed by atoms with Crippen molar-refractivity contribution in [3.8, 4) is 0 Å². The second-order valence-corrected chi connectivity index (χ2v) is 6.14. The zero-order valence-corrected chi connectivity index (χ0v) is 14.1. The van der Waals surface area contributed by atoms with Crippen LogP contribution >= 0.6 is 0 Å². The fraction of sp³-hybridized carbons (Fsp3) is 0.211. The molecule has 4 nitrogen and oxygen atoms in total. The van der Waals surface area contributed by atoms with Gasteiger partial charge in [0.1, 0.15) is 11.5 Å². The fourth-order valence-corrected chi connectivity index (χ4v) is 2.79. The summed E-state index contributed by atoms with van der Waals surface area (Å²) in [6.07, 6.45) is -5.40. The first-order valence-electron chi connectivity index (χ1n) is 8.16. The van der Waals surface area contributed by atoms with Crippen molar-refractivity contribution >= 4 is 16.9 Å². The van der Waals surface area contributed by atoms with Crippen LogP contribution in [-0.4, -0.2) is 21.9 Å². The average molecular weight is 380 g/mol. The van der Waals surface area contributed by atoms with Gasteiger partial charge in [-0.1, -0.05) is 24.3 Å². The number of alkyl halides is 3. The molecular formula is C19H16F4N2O2. The van der Waals surface area contributed by atoms with Crippen LogP contribution in [0.4, 0.5) is 17.6 Å². The lowest BCUT2D eigenvalue weighted by atomic mass is 10.1. The number of fused-ring (bicyclic) bond motifs is 1. The highest BCUT2D eigenvalue weighted by molar-refractivity contribution is 5.95. The van der Waals surface area contributed by atoms with Crippen molar-refractivity contribution < 1.29 is 27.5 Å². The minimum atomic E-state index is -4.26. The molecule has 0 unspecified atom stereocenters. The number of nitrogens with one attached hydrogen (secondary N) is 1. The second-order valence-electron chi connectivity index (χ2n) is 6.14. The molecule has 0 fully saturated rings. The number of hydrogen-bond donors (Lipinski definition) is 2. The van der Waals surface area contributed by atoms with E-state index in [1.165, 1.54) is 22.9 Å². The van der Waals surface area contributed by atoms with Crippen LogP contribution in [0.25, 0.3) is 10.9 Å². The van der Waals surface area contributed by atoms with Crippen molar-refractivity contribution in [1.82, 2.24) is 4.68 Å². The lowest BCUT2D eigenvalue weighted by molar-refractivity contribution is -0.133. The predicted molar refractivity (Wildman–Crippen MR) is 92.7 cm³/mol. The van der Waals surface area contributed by atoms with E-state index in [-0.39, 0.29) is 24.5 Å². The molecule has 3 aromatic rings. The van der Waals surface area contributed by atoms with Crippen molar-refractivity contribution in [2.75, 3.05) is 5.43 Å². The summed E-state index contributed by atoms with van der Waals surface area (Å²) in [5, 5.41) is 10.0. The Labute approximate surface area is 152 Å². The zero-order chi connectivity index (χ0) is 19.6. The molecule has 0 amide bonds. The molecule has 0 radical (unpaired) electrons. The first-order valence-corrected chi connectivity index (χ1v) is 8.16. The van der Waals surface area contributed by atoms with Crippen LogP contribution in [-0.2, 0) is 13.0 Å². The number of nitrogens with zero attached hydrogens (tertiary/aromatic N) is 1. The van der Waals surface area contributed by atoms with E-state index in [2.05, 4.69) is 5.43 Å². The molecule has 0 saturated carbocycles. The van der Waals surface area contributed by atoms with Gasteiger partial charge in [0.15, 0.2) is 0 Å². The predicted octanol–water partition coefficient (Wildman–Crippen LogP) is 4.72. The van der Waals surface area contributed by atoms with Gasteiger partial charge in [0.25, 0.3) is 0 Å². The summed E-state index contributed by atoms with van der Waals surface area (Å²) in [5.74, 6) is -1.56. The molecule has 0 spiro atoms. The number of halogens is 4. The standard InChI is InChI=1S/C19H16F4N2O2/c20-15-5-2-13(3-6-15)11-24-25-16-9-12(7-8-19(21,22)23)1-4-14(16)10-17(25)18(26)27/h1-6,9-10,24H,7-8,11H2,(H,26,27). The first-order chi connectivity index (χ1) is 12.7. The number of aromatic carboxylic acids is 1. The van der Waals surface area contributed by atoms with Gasteiger partial charge in [-0.2, -0.15) is 13.2 Å². The Balaban J connectivity index is 1.91. The van der Waals surface area contributed by atoms with Gasteiger partial charge in [-0.3, -0.25) is 4.68 Å². The zero-order valence-electron chi connectivity index (χ0n) is 14.1. The Kier molecular flexibility index (Phi) is 5.07. The lowest BCUT2D eigenvalue weighted by Gasteiger charge is -2.13. The van der Waals surface area contributed by atoms with Crippen LogP contribution in [0.15, 0.2) is 48.5 Å². The number of rotatable bonds is 6. The van der Waals surface area contributed by atoms with Gasteiger partial charge >= 0.3 is 12.1 Å². The van der Waals surface area contributed by atoms with Gasteiger partial charge < -0.3 is 10.5 Å². The van der Waals surface area contributed by atoms with E-state index in [1.807, 2.05) is 0 Å². The maximum atomic E-state index is 13.0. The molecule has 2 N–H and O–H groups in total. The van der Waals surface area contributed by atoms with Crippen molar-refractivity contribution in [3.63, 3.8) is 0 Å². The van der Waals surface area contributed by atoms with Crippen molar-refractivity contribution in [2.24, 2.45) is 0 Å². The highest BCUT2D eigenvalue weighted by Crippen LogP contribution is 2.25. The third-order valence-electron chi connectivity index (χ3n) is 4.14. The van der Waals surface area contributed by atoms with E-state index >= 15 is 0 Å². The molecule has 1 heterocycles. The molecule has 142 valence electrons. The molecule has 3 rings (SSSR count). The van der Waals surface area contributed by atoms with Gasteiger partial charge in [-0.05, 0) is 41.8 Å². The van der Waals surface area contributed by atoms with E-state index < -0.39 is 18.6 Å². The third kappa shape index (κ3) is 4.58. The van der Waals surface area contributed by atoms with Crippen LogP contribution in [0, 0.1) is 5.82 Å². The van der Waals surface area contributed by atoms with E-state index in [9.17, 15) is 27.5 Å². The normalized spacial score (nSPS) is 11.7. The van der Waals surface area contributed by atoms with Crippen LogP contribution in [0.1, 0.15) is 28.0 Å². The van der Waals surface area contributed by atoms with E-state index in [0.717, 1.165) is 5.56 Å². The average Bonchev–Trinajstić information content (AvgIpc) is 2.97. The topological polar surface area (TPSA) is 54.3 Å². The molecule has 0 bridgehead atoms. The lowest BCUT2D eigenvalue weighted by Crippen LogP contribution is -2.19. The quantitative estimate of drug-likeness (QED) is 0.609. The summed E-state index contributed by atoms with van der Waals surface area (Å²) in [6, 6.07) is 11.9. The van der Waals surface area contributed by atoms with Crippen LogP contribution in [0.3, 0.4) is 0 Å². The van der Waals surface area contributed by atoms with Gasteiger partial charge in [-0.15, -0.1) is 0 Å². The first kappa shape index (κ1) is 18.8. The molecular weight excluding hydrogens is 364 g/mol. The Hall–Kier alpha value is -3.03. The number of aryl methyl sites for hydroxylation is 1. The number of carbonyl (C=O) groups is 1. The fourth-order valence-electron chi connectivity index (χ4n) is 2.79.